The van der Waals surface area contributed by atoms with Crippen molar-refractivity contribution in [2.45, 2.75) is 23.7 Å². The Morgan fingerprint density at radius 2 is 1.97 bits per heavy atom. The number of rotatable bonds is 5. The molecule has 0 amide bonds. The van der Waals surface area contributed by atoms with Gasteiger partial charge in [-0.25, -0.2) is 12.8 Å². The normalized spacial score (nSPS) is 17.7. The van der Waals surface area contributed by atoms with Crippen LogP contribution in [0.25, 0.3) is 11.4 Å². The lowest BCUT2D eigenvalue weighted by Gasteiger charge is -2.30. The number of aromatic nitrogens is 2. The smallest absolute Gasteiger partial charge is 0.270 e. The van der Waals surface area contributed by atoms with Crippen LogP contribution in [0.3, 0.4) is 0 Å². The molecule has 11 heteroatoms. The van der Waals surface area contributed by atoms with Crippen molar-refractivity contribution in [1.82, 2.24) is 14.4 Å². The van der Waals surface area contributed by atoms with Gasteiger partial charge in [-0.3, -0.25) is 10.1 Å². The molecule has 0 spiro atoms. The van der Waals surface area contributed by atoms with Crippen molar-refractivity contribution >= 4 is 15.7 Å². The van der Waals surface area contributed by atoms with Crippen molar-refractivity contribution in [3.63, 3.8) is 0 Å². The molecule has 1 saturated heterocycles. The van der Waals surface area contributed by atoms with Crippen LogP contribution in [0.2, 0.25) is 0 Å². The molecule has 1 atom stereocenters. The Balaban J connectivity index is 1.55. The molecule has 1 aliphatic rings. The summed E-state index contributed by atoms with van der Waals surface area (Å²) in [5.41, 5.74) is 0.300. The number of non-ortho nitro benzene ring substituents is 1. The predicted octanol–water partition coefficient (Wildman–Crippen LogP) is 3.35. The van der Waals surface area contributed by atoms with E-state index in [0.29, 0.717) is 36.7 Å². The molecule has 0 N–H and O–H groups in total. The lowest BCUT2D eigenvalue weighted by Crippen LogP contribution is -2.39. The van der Waals surface area contributed by atoms with Gasteiger partial charge >= 0.3 is 0 Å². The largest absolute Gasteiger partial charge is 0.339 e. The van der Waals surface area contributed by atoms with Crippen molar-refractivity contribution < 1.29 is 22.3 Å². The molecular formula is C19H17FN4O5S. The second-order valence-electron chi connectivity index (χ2n) is 6.92. The van der Waals surface area contributed by atoms with Crippen LogP contribution in [0, 0.1) is 15.9 Å². The fourth-order valence-corrected chi connectivity index (χ4v) is 4.95. The number of nitro groups is 1. The fourth-order valence-electron chi connectivity index (χ4n) is 3.39. The van der Waals surface area contributed by atoms with Gasteiger partial charge in [-0.1, -0.05) is 11.2 Å². The number of piperidine rings is 1. The molecule has 0 saturated carbocycles. The van der Waals surface area contributed by atoms with Crippen molar-refractivity contribution in [3.8, 4) is 11.4 Å². The van der Waals surface area contributed by atoms with Crippen LogP contribution in [0.4, 0.5) is 10.1 Å². The number of hydrogen-bond donors (Lipinski definition) is 0. The molecule has 3 aromatic rings. The Morgan fingerprint density at radius 1 is 1.20 bits per heavy atom. The standard InChI is InChI=1S/C19H17FN4O5S/c20-15-8-6-13(7-9-15)18-21-19(29-22-18)14-3-2-10-23(12-14)30(27,28)17-5-1-4-16(11-17)24(25)26/h1,4-9,11,14H,2-3,10,12H2/t14-/m1/s1. The average Bonchev–Trinajstić information content (AvgIpc) is 3.25. The Morgan fingerprint density at radius 3 is 2.70 bits per heavy atom. The molecule has 30 heavy (non-hydrogen) atoms. The van der Waals surface area contributed by atoms with E-state index in [-0.39, 0.29) is 28.9 Å². The average molecular weight is 432 g/mol. The minimum absolute atomic E-state index is 0.121. The van der Waals surface area contributed by atoms with Crippen molar-refractivity contribution in [2.24, 2.45) is 0 Å². The van der Waals surface area contributed by atoms with E-state index in [2.05, 4.69) is 10.1 Å². The predicted molar refractivity (Wildman–Crippen MR) is 104 cm³/mol. The van der Waals surface area contributed by atoms with Crippen LogP contribution in [0.15, 0.2) is 57.9 Å². The third kappa shape index (κ3) is 3.94. The molecular weight excluding hydrogens is 415 g/mol. The summed E-state index contributed by atoms with van der Waals surface area (Å²) in [5, 5.41) is 14.9. The van der Waals surface area contributed by atoms with Crippen LogP contribution >= 0.6 is 0 Å². The summed E-state index contributed by atoms with van der Waals surface area (Å²) in [6.07, 6.45) is 1.24. The molecule has 1 aliphatic heterocycles. The highest BCUT2D eigenvalue weighted by atomic mass is 32.2. The molecule has 9 nitrogen and oxygen atoms in total. The van der Waals surface area contributed by atoms with Crippen molar-refractivity contribution in [2.75, 3.05) is 13.1 Å². The first-order valence-corrected chi connectivity index (χ1v) is 10.6. The van der Waals surface area contributed by atoms with Gasteiger partial charge in [-0.05, 0) is 43.2 Å². The molecule has 2 heterocycles. The zero-order chi connectivity index (χ0) is 21.3. The summed E-state index contributed by atoms with van der Waals surface area (Å²) < 4.78 is 45.7. The highest BCUT2D eigenvalue weighted by molar-refractivity contribution is 7.89. The van der Waals surface area contributed by atoms with Gasteiger partial charge < -0.3 is 4.52 Å². The van der Waals surface area contributed by atoms with E-state index in [1.165, 1.54) is 46.8 Å². The molecule has 0 bridgehead atoms. The lowest BCUT2D eigenvalue weighted by molar-refractivity contribution is -0.385. The second kappa shape index (κ2) is 7.92. The van der Waals surface area contributed by atoms with Gasteiger partial charge in [0.25, 0.3) is 5.69 Å². The summed E-state index contributed by atoms with van der Waals surface area (Å²) in [6.45, 7) is 0.413. The van der Waals surface area contributed by atoms with E-state index < -0.39 is 14.9 Å². The van der Waals surface area contributed by atoms with E-state index >= 15 is 0 Å². The molecule has 0 unspecified atom stereocenters. The highest BCUT2D eigenvalue weighted by Gasteiger charge is 2.34. The lowest BCUT2D eigenvalue weighted by atomic mass is 10.00. The summed E-state index contributed by atoms with van der Waals surface area (Å²) >= 11 is 0. The molecule has 1 fully saturated rings. The number of halogens is 1. The highest BCUT2D eigenvalue weighted by Crippen LogP contribution is 2.31. The van der Waals surface area contributed by atoms with Gasteiger partial charge in [0.2, 0.25) is 21.7 Å². The van der Waals surface area contributed by atoms with Crippen LogP contribution < -0.4 is 0 Å². The van der Waals surface area contributed by atoms with E-state index in [1.807, 2.05) is 0 Å². The number of sulfonamides is 1. The van der Waals surface area contributed by atoms with Crippen molar-refractivity contribution in [3.05, 3.63) is 70.4 Å². The van der Waals surface area contributed by atoms with E-state index in [9.17, 15) is 22.9 Å². The molecule has 156 valence electrons. The monoisotopic (exact) mass is 432 g/mol. The first-order valence-electron chi connectivity index (χ1n) is 9.19. The first kappa shape index (κ1) is 20.1. The zero-order valence-electron chi connectivity index (χ0n) is 15.6. The van der Waals surface area contributed by atoms with Gasteiger partial charge in [0.15, 0.2) is 0 Å². The fraction of sp³-hybridized carbons (Fsp3) is 0.263. The topological polar surface area (TPSA) is 119 Å². The molecule has 0 aliphatic carbocycles. The Bertz CT molecular complexity index is 1180. The van der Waals surface area contributed by atoms with Crippen LogP contribution in [-0.2, 0) is 10.0 Å². The maximum absolute atomic E-state index is 13.1. The van der Waals surface area contributed by atoms with Crippen LogP contribution in [0.1, 0.15) is 24.7 Å². The summed E-state index contributed by atoms with van der Waals surface area (Å²) in [7, 11) is -3.91. The van der Waals surface area contributed by atoms with Crippen LogP contribution in [-0.4, -0.2) is 40.9 Å². The van der Waals surface area contributed by atoms with Gasteiger partial charge in [0.1, 0.15) is 5.82 Å². The number of nitrogens with zero attached hydrogens (tertiary/aromatic N) is 4. The van der Waals surface area contributed by atoms with E-state index in [0.717, 1.165) is 6.07 Å². The minimum atomic E-state index is -3.91. The maximum Gasteiger partial charge on any atom is 0.270 e. The zero-order valence-corrected chi connectivity index (χ0v) is 16.5. The van der Waals surface area contributed by atoms with Gasteiger partial charge in [-0.15, -0.1) is 0 Å². The maximum atomic E-state index is 13.1. The first-order chi connectivity index (χ1) is 14.3. The summed E-state index contributed by atoms with van der Waals surface area (Å²) in [5.74, 6) is -0.0948. The number of benzene rings is 2. The van der Waals surface area contributed by atoms with E-state index in [4.69, 9.17) is 4.52 Å². The van der Waals surface area contributed by atoms with Crippen molar-refractivity contribution in [1.29, 1.82) is 0 Å². The number of hydrogen-bond acceptors (Lipinski definition) is 7. The molecule has 0 radical (unpaired) electrons. The van der Waals surface area contributed by atoms with Gasteiger partial charge in [-0.2, -0.15) is 9.29 Å². The SMILES string of the molecule is O=[N+]([O-])c1cccc(S(=O)(=O)N2CCC[C@@H](c3nc(-c4ccc(F)cc4)no3)C2)c1. The van der Waals surface area contributed by atoms with E-state index in [1.54, 1.807) is 0 Å². The Hall–Kier alpha value is -3.18. The third-order valence-corrected chi connectivity index (χ3v) is 6.80. The number of nitro benzene ring substituents is 1. The second-order valence-corrected chi connectivity index (χ2v) is 8.86. The quantitative estimate of drug-likeness (QED) is 0.448. The Labute approximate surface area is 171 Å². The molecule has 2 aromatic carbocycles. The van der Waals surface area contributed by atoms with Gasteiger partial charge in [0.05, 0.1) is 15.7 Å². The van der Waals surface area contributed by atoms with Crippen LogP contribution in [0.5, 0.6) is 0 Å². The minimum Gasteiger partial charge on any atom is -0.339 e. The summed E-state index contributed by atoms with van der Waals surface area (Å²) in [6, 6.07) is 10.6. The molecule has 4 rings (SSSR count). The van der Waals surface area contributed by atoms with Gasteiger partial charge in [0, 0.05) is 30.8 Å². The molecule has 1 aromatic heterocycles. The Kier molecular flexibility index (Phi) is 5.31. The third-order valence-electron chi connectivity index (χ3n) is 4.94. The summed E-state index contributed by atoms with van der Waals surface area (Å²) in [4.78, 5) is 14.6.